The molecule has 2 aromatic carbocycles. The zero-order chi connectivity index (χ0) is 22.9. The molecule has 0 aliphatic carbocycles. The van der Waals surface area contributed by atoms with Crippen LogP contribution in [0.15, 0.2) is 77.5 Å². The van der Waals surface area contributed by atoms with Crippen LogP contribution >= 0.6 is 11.3 Å². The molecule has 1 aromatic heterocycles. The number of nitrogens with one attached hydrogen (secondary N) is 1. The number of carbonyl (C=O) groups is 1. The molecule has 0 aliphatic heterocycles. The monoisotopic (exact) mass is 449 g/mol. The van der Waals surface area contributed by atoms with Gasteiger partial charge in [0.25, 0.3) is 0 Å². The maximum absolute atomic E-state index is 12.1. The van der Waals surface area contributed by atoms with Crippen LogP contribution in [0.2, 0.25) is 0 Å². The number of hydrogen-bond acceptors (Lipinski definition) is 6. The molecule has 0 fully saturated rings. The highest BCUT2D eigenvalue weighted by Gasteiger charge is 2.17. The summed E-state index contributed by atoms with van der Waals surface area (Å²) in [7, 11) is 4.00. The lowest BCUT2D eigenvalue weighted by Gasteiger charge is -2.11. The number of ether oxygens (including phenoxy) is 1. The molecule has 0 atom stereocenters. The normalized spacial score (nSPS) is 11.5. The summed E-state index contributed by atoms with van der Waals surface area (Å²) in [6, 6.07) is 17.8. The average molecular weight is 450 g/mol. The molecule has 3 aromatic rings. The molecule has 0 unspecified atom stereocenters. The molecule has 0 spiro atoms. The van der Waals surface area contributed by atoms with Gasteiger partial charge in [0.2, 0.25) is 4.80 Å². The number of benzene rings is 2. The minimum absolute atomic E-state index is 0.290. The lowest BCUT2D eigenvalue weighted by atomic mass is 10.1. The first kappa shape index (κ1) is 23.0. The van der Waals surface area contributed by atoms with Crippen molar-refractivity contribution in [2.24, 2.45) is 10.2 Å². The Hall–Kier alpha value is -3.65. The van der Waals surface area contributed by atoms with Crippen molar-refractivity contribution in [2.45, 2.75) is 13.5 Å². The van der Waals surface area contributed by atoms with Crippen molar-refractivity contribution in [1.82, 2.24) is 4.57 Å². The van der Waals surface area contributed by atoms with E-state index in [-0.39, 0.29) is 0 Å². The summed E-state index contributed by atoms with van der Waals surface area (Å²) in [5.74, 6) is 0. The van der Waals surface area contributed by atoms with Crippen LogP contribution in [0.5, 0.6) is 0 Å². The Kier molecular flexibility index (Phi) is 7.99. The lowest BCUT2D eigenvalue weighted by Crippen LogP contribution is -2.15. The fraction of sp³-hybridized carbons (Fsp3) is 0.208. The van der Waals surface area contributed by atoms with Crippen molar-refractivity contribution in [3.05, 3.63) is 77.6 Å². The zero-order valence-electron chi connectivity index (χ0n) is 18.5. The summed E-state index contributed by atoms with van der Waals surface area (Å²) in [5.41, 5.74) is 3.83. The molecule has 7 nitrogen and oxygen atoms in total. The summed E-state index contributed by atoms with van der Waals surface area (Å²) < 4.78 is 7.05. The molecule has 166 valence electrons. The quantitative estimate of drug-likeness (QED) is 0.300. The number of allylic oxidation sites excluding steroid dienone is 1. The second-order valence-corrected chi connectivity index (χ2v) is 7.98. The molecule has 32 heavy (non-hydrogen) atoms. The molecule has 0 saturated heterocycles. The van der Waals surface area contributed by atoms with Crippen molar-refractivity contribution in [2.75, 3.05) is 30.9 Å². The van der Waals surface area contributed by atoms with Gasteiger partial charge >= 0.3 is 6.09 Å². The summed E-state index contributed by atoms with van der Waals surface area (Å²) in [4.78, 5) is 14.8. The maximum atomic E-state index is 12.1. The molecule has 0 aliphatic rings. The summed E-state index contributed by atoms with van der Waals surface area (Å²) in [6.45, 7) is 6.44. The van der Waals surface area contributed by atoms with E-state index in [2.05, 4.69) is 22.1 Å². The standard InChI is InChI=1S/C24H27N5O2S/c1-5-16-29-21(19-10-8-7-9-11-19)22(26-24(30)31-6-2)32-23(29)27-25-17-18-12-14-20(15-13-18)28(3)4/h5,7-15,17H,1,6,16H2,2-4H3,(H,26,30)/b25-17-,27-23-. The smallest absolute Gasteiger partial charge is 0.412 e. The Labute approximate surface area is 192 Å². The van der Waals surface area contributed by atoms with Crippen LogP contribution in [0.3, 0.4) is 0 Å². The highest BCUT2D eigenvalue weighted by Crippen LogP contribution is 2.31. The number of rotatable bonds is 8. The van der Waals surface area contributed by atoms with Crippen LogP contribution in [0.1, 0.15) is 12.5 Å². The van der Waals surface area contributed by atoms with E-state index in [0.717, 1.165) is 22.5 Å². The average Bonchev–Trinajstić information content (AvgIpc) is 3.11. The minimum Gasteiger partial charge on any atom is -0.450 e. The van der Waals surface area contributed by atoms with E-state index in [9.17, 15) is 4.79 Å². The molecule has 0 radical (unpaired) electrons. The van der Waals surface area contributed by atoms with Gasteiger partial charge < -0.3 is 14.2 Å². The van der Waals surface area contributed by atoms with E-state index in [1.807, 2.05) is 78.2 Å². The third-order valence-electron chi connectivity index (χ3n) is 4.52. The molecule has 1 N–H and O–H groups in total. The summed E-state index contributed by atoms with van der Waals surface area (Å²) >= 11 is 1.33. The lowest BCUT2D eigenvalue weighted by molar-refractivity contribution is 0.168. The molecular formula is C24H27N5O2S. The van der Waals surface area contributed by atoms with E-state index in [0.29, 0.717) is 23.0 Å². The van der Waals surface area contributed by atoms with Crippen molar-refractivity contribution in [3.8, 4) is 11.3 Å². The second-order valence-electron chi connectivity index (χ2n) is 7.00. The predicted octanol–water partition coefficient (Wildman–Crippen LogP) is 4.97. The van der Waals surface area contributed by atoms with E-state index in [4.69, 9.17) is 4.74 Å². The maximum Gasteiger partial charge on any atom is 0.412 e. The molecule has 0 saturated carbocycles. The summed E-state index contributed by atoms with van der Waals surface area (Å²) in [6.07, 6.45) is 2.99. The van der Waals surface area contributed by atoms with Crippen molar-refractivity contribution in [1.29, 1.82) is 0 Å². The van der Waals surface area contributed by atoms with Gasteiger partial charge in [0.05, 0.1) is 18.5 Å². The molecule has 3 rings (SSSR count). The Bertz CT molecular complexity index is 1150. The topological polar surface area (TPSA) is 71.2 Å². The number of thiazole rings is 1. The second kappa shape index (κ2) is 11.1. The van der Waals surface area contributed by atoms with Crippen LogP contribution in [0, 0.1) is 0 Å². The zero-order valence-corrected chi connectivity index (χ0v) is 19.3. The van der Waals surface area contributed by atoms with Gasteiger partial charge in [0.15, 0.2) is 0 Å². The third kappa shape index (κ3) is 5.73. The molecular weight excluding hydrogens is 422 g/mol. The number of nitrogens with zero attached hydrogens (tertiary/aromatic N) is 4. The fourth-order valence-corrected chi connectivity index (χ4v) is 4.02. The molecule has 0 bridgehead atoms. The van der Waals surface area contributed by atoms with Crippen molar-refractivity contribution >= 4 is 34.3 Å². The number of aromatic nitrogens is 1. The molecule has 8 heteroatoms. The van der Waals surface area contributed by atoms with E-state index in [1.54, 1.807) is 19.2 Å². The predicted molar refractivity (Wildman–Crippen MR) is 133 cm³/mol. The van der Waals surface area contributed by atoms with Crippen molar-refractivity contribution < 1.29 is 9.53 Å². The SMILES string of the molecule is C=CCn1c(-c2ccccc2)c(NC(=O)OCC)s/c1=N\N=C/c1ccc(N(C)C)cc1. The fourth-order valence-electron chi connectivity index (χ4n) is 3.02. The van der Waals surface area contributed by atoms with Gasteiger partial charge in [-0.15, -0.1) is 11.7 Å². The van der Waals surface area contributed by atoms with Gasteiger partial charge in [-0.25, -0.2) is 4.79 Å². The first-order chi connectivity index (χ1) is 15.5. The van der Waals surface area contributed by atoms with Crippen LogP contribution in [-0.4, -0.2) is 37.6 Å². The Morgan fingerprint density at radius 2 is 1.91 bits per heavy atom. The van der Waals surface area contributed by atoms with Gasteiger partial charge in [0.1, 0.15) is 5.00 Å². The van der Waals surface area contributed by atoms with Crippen LogP contribution in [0.4, 0.5) is 15.5 Å². The largest absolute Gasteiger partial charge is 0.450 e. The van der Waals surface area contributed by atoms with Crippen LogP contribution in [-0.2, 0) is 11.3 Å². The Balaban J connectivity index is 2.03. The number of anilines is 2. The van der Waals surface area contributed by atoms with Gasteiger partial charge in [0, 0.05) is 31.9 Å². The highest BCUT2D eigenvalue weighted by atomic mass is 32.1. The first-order valence-corrected chi connectivity index (χ1v) is 11.0. The molecule has 1 amide bonds. The van der Waals surface area contributed by atoms with Crippen LogP contribution in [0.25, 0.3) is 11.3 Å². The first-order valence-electron chi connectivity index (χ1n) is 10.2. The van der Waals surface area contributed by atoms with Crippen molar-refractivity contribution in [3.63, 3.8) is 0 Å². The number of hydrogen-bond donors (Lipinski definition) is 1. The Morgan fingerprint density at radius 3 is 2.53 bits per heavy atom. The van der Waals surface area contributed by atoms with E-state index in [1.165, 1.54) is 11.3 Å². The van der Waals surface area contributed by atoms with Gasteiger partial charge in [-0.1, -0.05) is 59.9 Å². The highest BCUT2D eigenvalue weighted by molar-refractivity contribution is 7.14. The van der Waals surface area contributed by atoms with Gasteiger partial charge in [-0.05, 0) is 24.6 Å². The number of amides is 1. The van der Waals surface area contributed by atoms with Gasteiger partial charge in [-0.3, -0.25) is 5.32 Å². The number of carbonyl (C=O) groups excluding carboxylic acids is 1. The molecule has 1 heterocycles. The third-order valence-corrected chi connectivity index (χ3v) is 5.50. The van der Waals surface area contributed by atoms with Crippen LogP contribution < -0.4 is 15.0 Å². The Morgan fingerprint density at radius 1 is 1.19 bits per heavy atom. The summed E-state index contributed by atoms with van der Waals surface area (Å²) in [5, 5.41) is 12.2. The van der Waals surface area contributed by atoms with E-state index < -0.39 is 6.09 Å². The van der Waals surface area contributed by atoms with Gasteiger partial charge in [-0.2, -0.15) is 5.10 Å². The van der Waals surface area contributed by atoms with E-state index >= 15 is 0 Å². The minimum atomic E-state index is -0.507.